The fraction of sp³-hybridized carbons (Fsp3) is 0.526. The van der Waals surface area contributed by atoms with Gasteiger partial charge in [-0.15, -0.1) is 0 Å². The van der Waals surface area contributed by atoms with Gasteiger partial charge in [0.1, 0.15) is 11.6 Å². The van der Waals surface area contributed by atoms with E-state index in [4.69, 9.17) is 4.74 Å². The number of hydrogen-bond acceptors (Lipinski definition) is 3. The highest BCUT2D eigenvalue weighted by molar-refractivity contribution is 5.31. The summed E-state index contributed by atoms with van der Waals surface area (Å²) in [6.45, 7) is 5.70. The Kier molecular flexibility index (Phi) is 6.53. The van der Waals surface area contributed by atoms with Crippen LogP contribution in [0.4, 0.5) is 8.78 Å². The molecule has 0 spiro atoms. The van der Waals surface area contributed by atoms with Gasteiger partial charge in [0.25, 0.3) is 0 Å². The minimum Gasteiger partial charge on any atom is -0.494 e. The standard InChI is InChI=1S/C19H27F2N3O/c1-19(2,3)15-6-8-16(9-7-15)25-13-5-11-23(4)14-17-22-10-12-24(17)18(20)21/h6-10,12,18H,5,11,13-14H2,1-4H3. The molecule has 6 heteroatoms. The summed E-state index contributed by atoms with van der Waals surface area (Å²) in [6, 6.07) is 8.16. The molecule has 1 aromatic carbocycles. The van der Waals surface area contributed by atoms with Gasteiger partial charge >= 0.3 is 6.55 Å². The quantitative estimate of drug-likeness (QED) is 0.657. The number of benzene rings is 1. The number of halogens is 2. The smallest absolute Gasteiger partial charge is 0.319 e. The Balaban J connectivity index is 1.73. The third-order valence-electron chi connectivity index (χ3n) is 4.04. The SMILES string of the molecule is CN(CCCOc1ccc(C(C)(C)C)cc1)Cc1nccn1C(F)F. The average Bonchev–Trinajstić information content (AvgIpc) is 2.99. The summed E-state index contributed by atoms with van der Waals surface area (Å²) in [5.41, 5.74) is 1.40. The van der Waals surface area contributed by atoms with Crippen molar-refractivity contribution in [2.24, 2.45) is 0 Å². The number of nitrogens with zero attached hydrogens (tertiary/aromatic N) is 3. The van der Waals surface area contributed by atoms with E-state index in [1.807, 2.05) is 24.1 Å². The molecule has 0 saturated carbocycles. The molecule has 0 saturated heterocycles. The first kappa shape index (κ1) is 19.4. The summed E-state index contributed by atoms with van der Waals surface area (Å²) in [4.78, 5) is 5.96. The molecule has 0 radical (unpaired) electrons. The number of imidazole rings is 1. The molecule has 1 aromatic heterocycles. The van der Waals surface area contributed by atoms with Crippen LogP contribution in [-0.2, 0) is 12.0 Å². The van der Waals surface area contributed by atoms with Crippen LogP contribution >= 0.6 is 0 Å². The van der Waals surface area contributed by atoms with Crippen LogP contribution in [0.3, 0.4) is 0 Å². The first-order valence-electron chi connectivity index (χ1n) is 8.49. The van der Waals surface area contributed by atoms with Crippen LogP contribution in [0, 0.1) is 0 Å². The zero-order chi connectivity index (χ0) is 18.4. The summed E-state index contributed by atoms with van der Waals surface area (Å²) in [5.74, 6) is 1.22. The number of ether oxygens (including phenoxy) is 1. The number of aromatic nitrogens is 2. The highest BCUT2D eigenvalue weighted by Crippen LogP contribution is 2.24. The maximum atomic E-state index is 12.8. The average molecular weight is 351 g/mol. The van der Waals surface area contributed by atoms with Crippen molar-refractivity contribution in [3.8, 4) is 5.75 Å². The van der Waals surface area contributed by atoms with Gasteiger partial charge in [0.05, 0.1) is 13.2 Å². The molecule has 4 nitrogen and oxygen atoms in total. The molecule has 0 unspecified atom stereocenters. The van der Waals surface area contributed by atoms with E-state index < -0.39 is 6.55 Å². The first-order valence-corrected chi connectivity index (χ1v) is 8.49. The minimum absolute atomic E-state index is 0.130. The van der Waals surface area contributed by atoms with Gasteiger partial charge in [-0.25, -0.2) is 4.98 Å². The van der Waals surface area contributed by atoms with Gasteiger partial charge < -0.3 is 4.74 Å². The lowest BCUT2D eigenvalue weighted by atomic mass is 9.87. The molecule has 138 valence electrons. The second kappa shape index (κ2) is 8.43. The van der Waals surface area contributed by atoms with Crippen LogP contribution in [0.2, 0.25) is 0 Å². The van der Waals surface area contributed by atoms with E-state index in [2.05, 4.69) is 37.9 Å². The van der Waals surface area contributed by atoms with Gasteiger partial charge in [0.15, 0.2) is 0 Å². The van der Waals surface area contributed by atoms with Crippen LogP contribution in [0.5, 0.6) is 5.75 Å². The Labute approximate surface area is 148 Å². The van der Waals surface area contributed by atoms with Crippen LogP contribution in [0.1, 0.15) is 45.1 Å². The van der Waals surface area contributed by atoms with Crippen molar-refractivity contribution in [1.82, 2.24) is 14.5 Å². The lowest BCUT2D eigenvalue weighted by Gasteiger charge is -2.19. The van der Waals surface area contributed by atoms with Gasteiger partial charge in [-0.3, -0.25) is 9.47 Å². The lowest BCUT2D eigenvalue weighted by molar-refractivity contribution is 0.0644. The van der Waals surface area contributed by atoms with Gasteiger partial charge in [-0.05, 0) is 36.6 Å². The van der Waals surface area contributed by atoms with Gasteiger partial charge in [-0.1, -0.05) is 32.9 Å². The molecular weight excluding hydrogens is 324 g/mol. The van der Waals surface area contributed by atoms with Crippen LogP contribution in [-0.4, -0.2) is 34.7 Å². The Morgan fingerprint density at radius 2 is 1.88 bits per heavy atom. The molecule has 25 heavy (non-hydrogen) atoms. The number of rotatable bonds is 8. The molecule has 0 bridgehead atoms. The third kappa shape index (κ3) is 5.81. The second-order valence-corrected chi connectivity index (χ2v) is 7.24. The van der Waals surface area contributed by atoms with Crippen LogP contribution < -0.4 is 4.74 Å². The second-order valence-electron chi connectivity index (χ2n) is 7.24. The fourth-order valence-electron chi connectivity index (χ4n) is 2.54. The van der Waals surface area contributed by atoms with E-state index in [-0.39, 0.29) is 5.41 Å². The van der Waals surface area contributed by atoms with Crippen molar-refractivity contribution in [1.29, 1.82) is 0 Å². The summed E-state index contributed by atoms with van der Waals surface area (Å²) in [5, 5.41) is 0. The minimum atomic E-state index is -2.55. The molecule has 0 aliphatic carbocycles. The molecular formula is C19H27F2N3O. The summed E-state index contributed by atoms with van der Waals surface area (Å²) in [7, 11) is 1.89. The van der Waals surface area contributed by atoms with Gasteiger partial charge in [-0.2, -0.15) is 8.78 Å². The van der Waals surface area contributed by atoms with E-state index in [1.165, 1.54) is 18.0 Å². The number of alkyl halides is 2. The summed E-state index contributed by atoms with van der Waals surface area (Å²) >= 11 is 0. The lowest BCUT2D eigenvalue weighted by Crippen LogP contribution is -2.23. The zero-order valence-corrected chi connectivity index (χ0v) is 15.4. The van der Waals surface area contributed by atoms with Crippen molar-refractivity contribution in [3.63, 3.8) is 0 Å². The monoisotopic (exact) mass is 351 g/mol. The molecule has 0 aliphatic rings. The Hall–Kier alpha value is -1.95. The van der Waals surface area contributed by atoms with Crippen LogP contribution in [0.25, 0.3) is 0 Å². The maximum absolute atomic E-state index is 12.8. The molecule has 0 N–H and O–H groups in total. The Morgan fingerprint density at radius 1 is 1.20 bits per heavy atom. The molecule has 0 fully saturated rings. The Morgan fingerprint density at radius 3 is 2.48 bits per heavy atom. The topological polar surface area (TPSA) is 30.3 Å². The van der Waals surface area contributed by atoms with Crippen LogP contribution in [0.15, 0.2) is 36.7 Å². The predicted molar refractivity (Wildman–Crippen MR) is 95.1 cm³/mol. The highest BCUT2D eigenvalue weighted by Gasteiger charge is 2.14. The summed E-state index contributed by atoms with van der Waals surface area (Å²) < 4.78 is 32.2. The Bertz CT molecular complexity index is 647. The molecule has 2 rings (SSSR count). The van der Waals surface area contributed by atoms with Crippen molar-refractivity contribution in [2.45, 2.75) is 45.7 Å². The third-order valence-corrected chi connectivity index (χ3v) is 4.04. The van der Waals surface area contributed by atoms with Crippen molar-refractivity contribution in [2.75, 3.05) is 20.2 Å². The van der Waals surface area contributed by atoms with E-state index in [0.717, 1.165) is 23.3 Å². The van der Waals surface area contributed by atoms with E-state index in [1.54, 1.807) is 0 Å². The fourth-order valence-corrected chi connectivity index (χ4v) is 2.54. The summed E-state index contributed by atoms with van der Waals surface area (Å²) in [6.07, 6.45) is 3.52. The van der Waals surface area contributed by atoms with Gasteiger partial charge in [0.2, 0.25) is 0 Å². The molecule has 1 heterocycles. The largest absolute Gasteiger partial charge is 0.494 e. The molecule has 0 aliphatic heterocycles. The van der Waals surface area contributed by atoms with Gasteiger partial charge in [0, 0.05) is 18.9 Å². The van der Waals surface area contributed by atoms with Crippen molar-refractivity contribution >= 4 is 0 Å². The number of hydrogen-bond donors (Lipinski definition) is 0. The normalized spacial score (nSPS) is 12.2. The van der Waals surface area contributed by atoms with Crippen molar-refractivity contribution < 1.29 is 13.5 Å². The van der Waals surface area contributed by atoms with Crippen molar-refractivity contribution in [3.05, 3.63) is 48.0 Å². The van der Waals surface area contributed by atoms with E-state index in [0.29, 0.717) is 19.0 Å². The molecule has 2 aromatic rings. The molecule has 0 atom stereocenters. The predicted octanol–water partition coefficient (Wildman–Crippen LogP) is 4.48. The van der Waals surface area contributed by atoms with E-state index in [9.17, 15) is 8.78 Å². The highest BCUT2D eigenvalue weighted by atomic mass is 19.3. The molecule has 0 amide bonds. The first-order chi connectivity index (χ1) is 11.8. The van der Waals surface area contributed by atoms with E-state index >= 15 is 0 Å². The maximum Gasteiger partial charge on any atom is 0.319 e. The zero-order valence-electron chi connectivity index (χ0n) is 15.4.